The number of amides is 1. The third-order valence-corrected chi connectivity index (χ3v) is 6.66. The molecule has 1 aliphatic heterocycles. The largest absolute Gasteiger partial charge is 0.453 e. The molecule has 27 heavy (non-hydrogen) atoms. The van der Waals surface area contributed by atoms with Gasteiger partial charge in [-0.05, 0) is 50.5 Å². The Balaban J connectivity index is 1.96. The fraction of sp³-hybridized carbons (Fsp3) is 0.350. The average Bonchev–Trinajstić information content (AvgIpc) is 2.69. The first-order chi connectivity index (χ1) is 13.0. The van der Waals surface area contributed by atoms with E-state index in [2.05, 4.69) is 0 Å². The maximum absolute atomic E-state index is 14.0. The number of likely N-dealkylation sites (tertiary alicyclic amines) is 1. The van der Waals surface area contributed by atoms with Crippen LogP contribution in [0.25, 0.3) is 0 Å². The van der Waals surface area contributed by atoms with Crippen molar-refractivity contribution in [1.29, 1.82) is 0 Å². The molecule has 0 aliphatic carbocycles. The third kappa shape index (κ3) is 4.71. The topological polar surface area (TPSA) is 81.9 Å². The van der Waals surface area contributed by atoms with E-state index in [0.29, 0.717) is 24.5 Å². The Morgan fingerprint density at radius 2 is 1.56 bits per heavy atom. The minimum Gasteiger partial charge on any atom is -0.415 e. The van der Waals surface area contributed by atoms with Gasteiger partial charge in [0.05, 0.1) is 6.04 Å². The SMILES string of the molecule is C[C@H](N)C(=O)N1CCCC[C@H]1P(=O)(Oc1ccccc1)Oc1ccccc1. The summed E-state index contributed by atoms with van der Waals surface area (Å²) in [5, 5.41) is 0. The van der Waals surface area contributed by atoms with Gasteiger partial charge in [-0.25, -0.2) is 4.57 Å². The molecular formula is C20H25N2O4P. The zero-order valence-electron chi connectivity index (χ0n) is 15.4. The highest BCUT2D eigenvalue weighted by atomic mass is 31.2. The summed E-state index contributed by atoms with van der Waals surface area (Å²) in [6.45, 7) is 2.13. The number of nitrogens with zero attached hydrogens (tertiary/aromatic N) is 1. The molecule has 2 aromatic rings. The molecule has 0 saturated carbocycles. The fourth-order valence-corrected chi connectivity index (χ4v) is 5.34. The predicted molar refractivity (Wildman–Crippen MR) is 105 cm³/mol. The highest BCUT2D eigenvalue weighted by Gasteiger charge is 2.46. The van der Waals surface area contributed by atoms with Crippen LogP contribution < -0.4 is 14.8 Å². The van der Waals surface area contributed by atoms with Crippen molar-refractivity contribution in [1.82, 2.24) is 4.90 Å². The molecule has 1 amide bonds. The number of carbonyl (C=O) groups excluding carboxylic acids is 1. The summed E-state index contributed by atoms with van der Waals surface area (Å²) in [6, 6.07) is 17.1. The van der Waals surface area contributed by atoms with Crippen molar-refractivity contribution in [3.8, 4) is 11.5 Å². The van der Waals surface area contributed by atoms with Crippen LogP contribution in [0.1, 0.15) is 26.2 Å². The standard InChI is InChI=1S/C20H25N2O4P/c1-16(21)20(23)22-15-9-8-14-19(22)27(24,25-17-10-4-2-5-11-17)26-18-12-6-3-7-13-18/h2-7,10-13,16,19H,8-9,14-15,21H2,1H3/t16-,19+/m0/s1. The number of para-hydroxylation sites is 2. The van der Waals surface area contributed by atoms with Crippen LogP contribution in [0, 0.1) is 0 Å². The summed E-state index contributed by atoms with van der Waals surface area (Å²) in [5.74, 6) is -0.0375. The molecule has 1 aliphatic rings. The second-order valence-electron chi connectivity index (χ2n) is 6.65. The van der Waals surface area contributed by atoms with Gasteiger partial charge < -0.3 is 19.7 Å². The first-order valence-electron chi connectivity index (χ1n) is 9.15. The highest BCUT2D eigenvalue weighted by Crippen LogP contribution is 2.56. The van der Waals surface area contributed by atoms with Crippen LogP contribution in [0.4, 0.5) is 0 Å². The molecular weight excluding hydrogens is 363 g/mol. The molecule has 0 spiro atoms. The highest BCUT2D eigenvalue weighted by molar-refractivity contribution is 7.55. The molecule has 1 saturated heterocycles. The molecule has 6 nitrogen and oxygen atoms in total. The number of carbonyl (C=O) groups is 1. The van der Waals surface area contributed by atoms with Gasteiger partial charge in [-0.15, -0.1) is 0 Å². The zero-order valence-corrected chi connectivity index (χ0v) is 16.3. The molecule has 0 aromatic heterocycles. The number of hydrogen-bond donors (Lipinski definition) is 1. The van der Waals surface area contributed by atoms with Gasteiger partial charge >= 0.3 is 7.60 Å². The van der Waals surface area contributed by atoms with Crippen molar-refractivity contribution in [2.24, 2.45) is 5.73 Å². The van der Waals surface area contributed by atoms with E-state index in [1.807, 2.05) is 12.1 Å². The monoisotopic (exact) mass is 388 g/mol. The van der Waals surface area contributed by atoms with Gasteiger partial charge in [0.1, 0.15) is 11.5 Å². The Kier molecular flexibility index (Phi) is 6.19. The van der Waals surface area contributed by atoms with E-state index >= 15 is 0 Å². The Hall–Kier alpha value is -2.30. The Morgan fingerprint density at radius 1 is 1.04 bits per heavy atom. The molecule has 1 fully saturated rings. The van der Waals surface area contributed by atoms with Gasteiger partial charge in [-0.2, -0.15) is 0 Å². The van der Waals surface area contributed by atoms with Gasteiger partial charge in [0.2, 0.25) is 5.91 Å². The summed E-state index contributed by atoms with van der Waals surface area (Å²) in [5.41, 5.74) is 5.81. The van der Waals surface area contributed by atoms with Crippen LogP contribution in [0.5, 0.6) is 11.5 Å². The van der Waals surface area contributed by atoms with E-state index in [1.54, 1.807) is 60.4 Å². The molecule has 2 atom stereocenters. The normalized spacial score (nSPS) is 18.6. The molecule has 0 unspecified atom stereocenters. The number of benzene rings is 2. The van der Waals surface area contributed by atoms with Gasteiger partial charge in [0.15, 0.2) is 5.78 Å². The molecule has 7 heteroatoms. The van der Waals surface area contributed by atoms with Gasteiger partial charge in [-0.1, -0.05) is 36.4 Å². The van der Waals surface area contributed by atoms with Crippen LogP contribution in [0.2, 0.25) is 0 Å². The van der Waals surface area contributed by atoms with Crippen LogP contribution in [-0.2, 0) is 9.36 Å². The molecule has 3 rings (SSSR count). The minimum absolute atomic E-state index is 0.242. The minimum atomic E-state index is -3.74. The van der Waals surface area contributed by atoms with Gasteiger partial charge in [0.25, 0.3) is 0 Å². The Labute approximate surface area is 159 Å². The molecule has 1 heterocycles. The van der Waals surface area contributed by atoms with E-state index in [9.17, 15) is 9.36 Å². The quantitative estimate of drug-likeness (QED) is 0.756. The second-order valence-corrected chi connectivity index (χ2v) is 8.69. The summed E-state index contributed by atoms with van der Waals surface area (Å²) in [6.07, 6.45) is 2.22. The third-order valence-electron chi connectivity index (χ3n) is 4.46. The van der Waals surface area contributed by atoms with Crippen LogP contribution >= 0.6 is 7.60 Å². The first-order valence-corrected chi connectivity index (χ1v) is 10.8. The van der Waals surface area contributed by atoms with Crippen LogP contribution in [0.3, 0.4) is 0 Å². The molecule has 2 aromatic carbocycles. The Bertz CT molecular complexity index is 753. The van der Waals surface area contributed by atoms with Crippen molar-refractivity contribution >= 4 is 13.5 Å². The van der Waals surface area contributed by atoms with E-state index < -0.39 is 19.4 Å². The van der Waals surface area contributed by atoms with Crippen molar-refractivity contribution in [3.05, 3.63) is 60.7 Å². The van der Waals surface area contributed by atoms with Gasteiger partial charge in [-0.3, -0.25) is 4.79 Å². The lowest BCUT2D eigenvalue weighted by Gasteiger charge is -2.39. The van der Waals surface area contributed by atoms with Gasteiger partial charge in [0, 0.05) is 6.54 Å². The van der Waals surface area contributed by atoms with E-state index in [-0.39, 0.29) is 5.91 Å². The van der Waals surface area contributed by atoms with Crippen molar-refractivity contribution < 1.29 is 18.4 Å². The summed E-state index contributed by atoms with van der Waals surface area (Å²) in [4.78, 5) is 14.2. The lowest BCUT2D eigenvalue weighted by Crippen LogP contribution is -2.50. The maximum atomic E-state index is 14.0. The number of piperidine rings is 1. The smallest absolute Gasteiger partial charge is 0.415 e. The molecule has 144 valence electrons. The summed E-state index contributed by atoms with van der Waals surface area (Å²) in [7, 11) is -3.74. The molecule has 0 bridgehead atoms. The summed E-state index contributed by atoms with van der Waals surface area (Å²) >= 11 is 0. The second kappa shape index (κ2) is 8.59. The maximum Gasteiger partial charge on any atom is 0.453 e. The number of hydrogen-bond acceptors (Lipinski definition) is 5. The summed E-state index contributed by atoms with van der Waals surface area (Å²) < 4.78 is 25.8. The van der Waals surface area contributed by atoms with Crippen molar-refractivity contribution in [3.63, 3.8) is 0 Å². The zero-order chi connectivity index (χ0) is 19.3. The van der Waals surface area contributed by atoms with Crippen LogP contribution in [-0.4, -0.2) is 29.2 Å². The number of rotatable bonds is 6. The first kappa shape index (κ1) is 19.5. The van der Waals surface area contributed by atoms with E-state index in [1.165, 1.54) is 0 Å². The number of nitrogens with two attached hydrogens (primary N) is 1. The van der Waals surface area contributed by atoms with E-state index in [4.69, 9.17) is 14.8 Å². The lowest BCUT2D eigenvalue weighted by molar-refractivity contribution is -0.134. The Morgan fingerprint density at radius 3 is 2.04 bits per heavy atom. The molecule has 0 radical (unpaired) electrons. The lowest BCUT2D eigenvalue weighted by atomic mass is 10.1. The van der Waals surface area contributed by atoms with Crippen molar-refractivity contribution in [2.75, 3.05) is 6.54 Å². The average molecular weight is 388 g/mol. The van der Waals surface area contributed by atoms with Crippen LogP contribution in [0.15, 0.2) is 60.7 Å². The van der Waals surface area contributed by atoms with Crippen molar-refractivity contribution in [2.45, 2.75) is 38.0 Å². The molecule has 2 N–H and O–H groups in total. The van der Waals surface area contributed by atoms with E-state index in [0.717, 1.165) is 12.8 Å². The fourth-order valence-electron chi connectivity index (χ4n) is 3.16. The predicted octanol–water partition coefficient (Wildman–Crippen LogP) is 4.02.